The van der Waals surface area contributed by atoms with E-state index in [0.717, 1.165) is 55.8 Å². The number of halogens is 4. The molecule has 6 rings (SSSR count). The van der Waals surface area contributed by atoms with E-state index in [-0.39, 0.29) is 11.0 Å². The number of hydrogen-bond donors (Lipinski definition) is 4. The van der Waals surface area contributed by atoms with Crippen molar-refractivity contribution in [3.63, 3.8) is 0 Å². The number of carbonyl (C=O) groups excluding carboxylic acids is 1. The third-order valence-electron chi connectivity index (χ3n) is 11.2. The van der Waals surface area contributed by atoms with Gasteiger partial charge in [-0.2, -0.15) is 13.2 Å². The number of anilines is 2. The smallest absolute Gasteiger partial charge is 0.384 e. The Morgan fingerprint density at radius 2 is 1.66 bits per heavy atom. The van der Waals surface area contributed by atoms with Crippen LogP contribution in [0.5, 0.6) is 0 Å². The molecule has 346 valence electrons. The molecule has 1 saturated heterocycles. The van der Waals surface area contributed by atoms with Crippen molar-refractivity contribution in [2.45, 2.75) is 72.2 Å². The Labute approximate surface area is 383 Å². The first-order valence-corrected chi connectivity index (χ1v) is 25.5. The molecule has 11 nitrogen and oxygen atoms in total. The van der Waals surface area contributed by atoms with E-state index in [0.29, 0.717) is 68.3 Å². The third-order valence-corrected chi connectivity index (χ3v) is 15.5. The van der Waals surface area contributed by atoms with Crippen LogP contribution in [0.3, 0.4) is 0 Å². The van der Waals surface area contributed by atoms with Crippen molar-refractivity contribution in [3.8, 4) is 0 Å². The molecule has 0 aromatic heterocycles. The summed E-state index contributed by atoms with van der Waals surface area (Å²) < 4.78 is 103. The Balaban J connectivity index is 1.10. The standard InChI is InChI=1S/C46H55ClF3N5O6S3/c1-45(2)21-19-41(33-9-13-36(47)14-10-33)35(30-45)31-51-22-23-52-37-15-11-34(12-16-37)44(56)54-64(59,60)40-17-18-42(43(29-40)63(57,58)46(48,49)50)53-38(32-62-39-7-4-3-5-8-39)20-25-55-24-6-27-61-28-26-55/h3-5,7-18,29,38,51-53H,6,19-28,30-32H2,1-2H3,(H,54,56)/t38-/m1/s1. The van der Waals surface area contributed by atoms with E-state index in [2.05, 4.69) is 46.8 Å². The zero-order valence-corrected chi connectivity index (χ0v) is 39.1. The quantitative estimate of drug-likeness (QED) is 0.0528. The number of ether oxygens (including phenoxy) is 1. The fraction of sp³-hybridized carbons (Fsp3) is 0.413. The summed E-state index contributed by atoms with van der Waals surface area (Å²) in [6.07, 6.45) is 4.33. The summed E-state index contributed by atoms with van der Waals surface area (Å²) in [5.74, 6) is -0.683. The average Bonchev–Trinajstić information content (AvgIpc) is 3.54. The summed E-state index contributed by atoms with van der Waals surface area (Å²) in [6.45, 7) is 9.67. The van der Waals surface area contributed by atoms with Crippen LogP contribution in [0.15, 0.2) is 117 Å². The Morgan fingerprint density at radius 1 is 0.922 bits per heavy atom. The largest absolute Gasteiger partial charge is 0.501 e. The number of nitrogens with zero attached hydrogens (tertiary/aromatic N) is 1. The summed E-state index contributed by atoms with van der Waals surface area (Å²) in [7, 11) is -10.9. The zero-order chi connectivity index (χ0) is 46.0. The number of sulfonamides is 1. The van der Waals surface area contributed by atoms with Gasteiger partial charge >= 0.3 is 5.51 Å². The van der Waals surface area contributed by atoms with Gasteiger partial charge in [-0.15, -0.1) is 11.8 Å². The molecule has 64 heavy (non-hydrogen) atoms. The maximum absolute atomic E-state index is 14.2. The van der Waals surface area contributed by atoms with Gasteiger partial charge in [-0.3, -0.25) is 4.79 Å². The number of nitrogens with one attached hydrogen (secondary N) is 4. The van der Waals surface area contributed by atoms with Gasteiger partial charge in [-0.05, 0) is 115 Å². The maximum atomic E-state index is 14.2. The predicted octanol–water partition coefficient (Wildman–Crippen LogP) is 9.10. The summed E-state index contributed by atoms with van der Waals surface area (Å²) >= 11 is 7.58. The minimum Gasteiger partial charge on any atom is -0.384 e. The van der Waals surface area contributed by atoms with Gasteiger partial charge < -0.3 is 25.6 Å². The SMILES string of the molecule is CC1(C)CCC(c2ccc(Cl)cc2)=C(CNCCNc2ccc(C(=O)NS(=O)(=O)c3ccc(N[C@H](CCN4CCCOCC4)CSc4ccccc4)c(S(=O)(=O)C(F)(F)F)c3)cc2)C1. The minimum atomic E-state index is -6.06. The van der Waals surface area contributed by atoms with E-state index in [1.165, 1.54) is 40.6 Å². The highest BCUT2D eigenvalue weighted by atomic mass is 35.5. The molecular weight excluding hydrogens is 907 g/mol. The predicted molar refractivity (Wildman–Crippen MR) is 249 cm³/mol. The molecule has 0 spiro atoms. The molecular formula is C46H55ClF3N5O6S3. The molecule has 1 atom stereocenters. The number of hydrogen-bond acceptors (Lipinski definition) is 11. The van der Waals surface area contributed by atoms with Crippen LogP contribution in [0.4, 0.5) is 24.5 Å². The minimum absolute atomic E-state index is 0.0371. The van der Waals surface area contributed by atoms with Gasteiger partial charge in [0.05, 0.1) is 17.2 Å². The normalized spacial score (nSPS) is 16.8. The number of thioether (sulfide) groups is 1. The lowest BCUT2D eigenvalue weighted by Gasteiger charge is -2.34. The molecule has 0 radical (unpaired) electrons. The second kappa shape index (κ2) is 21.9. The number of rotatable bonds is 19. The molecule has 18 heteroatoms. The van der Waals surface area contributed by atoms with Crippen LogP contribution in [-0.4, -0.2) is 97.4 Å². The topological polar surface area (TPSA) is 146 Å². The first-order chi connectivity index (χ1) is 30.4. The fourth-order valence-corrected chi connectivity index (χ4v) is 10.9. The first-order valence-electron chi connectivity index (χ1n) is 21.2. The maximum Gasteiger partial charge on any atom is 0.501 e. The van der Waals surface area contributed by atoms with Gasteiger partial charge in [0.25, 0.3) is 25.8 Å². The summed E-state index contributed by atoms with van der Waals surface area (Å²) in [4.78, 5) is 14.2. The Kier molecular flexibility index (Phi) is 16.9. The van der Waals surface area contributed by atoms with Gasteiger partial charge in [0, 0.05) is 78.8 Å². The average molecular weight is 963 g/mol. The van der Waals surface area contributed by atoms with Crippen LogP contribution >= 0.6 is 23.4 Å². The Hall–Kier alpha value is -4.10. The molecule has 2 aliphatic rings. The summed E-state index contributed by atoms with van der Waals surface area (Å²) in [6, 6.07) is 25.2. The highest BCUT2D eigenvalue weighted by Gasteiger charge is 2.48. The van der Waals surface area contributed by atoms with E-state index in [9.17, 15) is 34.8 Å². The molecule has 1 aliphatic heterocycles. The number of amides is 1. The number of allylic oxidation sites excluding steroid dienone is 1. The molecule has 1 aliphatic carbocycles. The van der Waals surface area contributed by atoms with E-state index in [1.807, 2.05) is 47.2 Å². The van der Waals surface area contributed by atoms with Crippen molar-refractivity contribution < 1.29 is 39.5 Å². The first kappa shape index (κ1) is 49.3. The fourth-order valence-electron chi connectivity index (χ4n) is 7.72. The van der Waals surface area contributed by atoms with Crippen molar-refractivity contribution in [1.82, 2.24) is 14.9 Å². The van der Waals surface area contributed by atoms with Gasteiger partial charge in [-0.25, -0.2) is 21.6 Å². The van der Waals surface area contributed by atoms with Crippen LogP contribution in [0.1, 0.15) is 61.9 Å². The lowest BCUT2D eigenvalue weighted by molar-refractivity contribution is -0.0435. The van der Waals surface area contributed by atoms with E-state index >= 15 is 0 Å². The molecule has 1 fully saturated rings. The molecule has 1 heterocycles. The van der Waals surface area contributed by atoms with Crippen molar-refractivity contribution in [3.05, 3.63) is 119 Å². The lowest BCUT2D eigenvalue weighted by Crippen LogP contribution is -2.34. The van der Waals surface area contributed by atoms with E-state index in [1.54, 1.807) is 12.1 Å². The Bertz CT molecular complexity index is 2450. The van der Waals surface area contributed by atoms with E-state index in [4.69, 9.17) is 16.3 Å². The molecule has 4 aromatic rings. The van der Waals surface area contributed by atoms with Crippen LogP contribution in [0.2, 0.25) is 5.02 Å². The van der Waals surface area contributed by atoms with Crippen molar-refractivity contribution in [2.24, 2.45) is 5.41 Å². The van der Waals surface area contributed by atoms with Crippen molar-refractivity contribution >= 4 is 66.1 Å². The van der Waals surface area contributed by atoms with Gasteiger partial charge in [0.1, 0.15) is 4.90 Å². The molecule has 4 aromatic carbocycles. The van der Waals surface area contributed by atoms with Crippen LogP contribution in [0, 0.1) is 5.41 Å². The Morgan fingerprint density at radius 3 is 2.38 bits per heavy atom. The summed E-state index contributed by atoms with van der Waals surface area (Å²) in [5, 5.41) is 10.5. The molecule has 4 N–H and O–H groups in total. The number of alkyl halides is 3. The molecule has 0 unspecified atom stereocenters. The molecule has 1 amide bonds. The van der Waals surface area contributed by atoms with Crippen LogP contribution < -0.4 is 20.7 Å². The van der Waals surface area contributed by atoms with Gasteiger partial charge in [0.15, 0.2) is 0 Å². The van der Waals surface area contributed by atoms with Gasteiger partial charge in [0.2, 0.25) is 0 Å². The van der Waals surface area contributed by atoms with E-state index < -0.39 is 52.8 Å². The van der Waals surface area contributed by atoms with Crippen LogP contribution in [0.25, 0.3) is 5.57 Å². The monoisotopic (exact) mass is 961 g/mol. The van der Waals surface area contributed by atoms with Crippen LogP contribution in [-0.2, 0) is 24.6 Å². The van der Waals surface area contributed by atoms with Crippen molar-refractivity contribution in [1.29, 1.82) is 0 Å². The van der Waals surface area contributed by atoms with Crippen molar-refractivity contribution in [2.75, 3.05) is 68.9 Å². The number of benzene rings is 4. The summed E-state index contributed by atoms with van der Waals surface area (Å²) in [5.41, 5.74) is -1.42. The second-order valence-electron chi connectivity index (χ2n) is 16.7. The molecule has 0 bridgehead atoms. The number of sulfone groups is 1. The highest BCUT2D eigenvalue weighted by Crippen LogP contribution is 2.42. The highest BCUT2D eigenvalue weighted by molar-refractivity contribution is 7.99. The van der Waals surface area contributed by atoms with Gasteiger partial charge in [-0.1, -0.05) is 61.4 Å². The zero-order valence-electron chi connectivity index (χ0n) is 35.8. The second-order valence-corrected chi connectivity index (χ2v) is 21.8. The lowest BCUT2D eigenvalue weighted by atomic mass is 9.73. The molecule has 0 saturated carbocycles. The third kappa shape index (κ3) is 13.7. The number of carbonyl (C=O) groups is 1.